The van der Waals surface area contributed by atoms with Gasteiger partial charge in [0.25, 0.3) is 11.8 Å². The van der Waals surface area contributed by atoms with Crippen LogP contribution in [-0.2, 0) is 14.3 Å². The molecule has 9 heteroatoms. The molecule has 0 aliphatic carbocycles. The molecule has 6 aromatic carbocycles. The third-order valence-corrected chi connectivity index (χ3v) is 9.22. The van der Waals surface area contributed by atoms with E-state index < -0.39 is 23.0 Å². The van der Waals surface area contributed by atoms with E-state index in [4.69, 9.17) is 4.74 Å². The predicted octanol–water partition coefficient (Wildman–Crippen LogP) is 8.51. The maximum Gasteiger partial charge on any atom is 0.339 e. The second-order valence-electron chi connectivity index (χ2n) is 11.4. The maximum atomic E-state index is 13.7. The minimum absolute atomic E-state index is 0.0757. The average Bonchev–Trinajstić information content (AvgIpc) is 3.18. The van der Waals surface area contributed by atoms with Crippen LogP contribution in [0.3, 0.4) is 0 Å². The van der Waals surface area contributed by atoms with Crippen molar-refractivity contribution in [2.45, 2.75) is 10.1 Å². The van der Waals surface area contributed by atoms with E-state index in [2.05, 4.69) is 16.0 Å². The highest BCUT2D eigenvalue weighted by Gasteiger charge is 2.24. The first-order valence-electron chi connectivity index (χ1n) is 16.1. The summed E-state index contributed by atoms with van der Waals surface area (Å²) in [7, 11) is 1.29. The van der Waals surface area contributed by atoms with E-state index in [0.717, 1.165) is 26.8 Å². The minimum Gasteiger partial charge on any atom is -0.465 e. The lowest BCUT2D eigenvalue weighted by molar-refractivity contribution is -0.116. The van der Waals surface area contributed by atoms with Gasteiger partial charge in [0.15, 0.2) is 0 Å². The van der Waals surface area contributed by atoms with E-state index in [0.29, 0.717) is 16.9 Å². The molecule has 0 saturated heterocycles. The van der Waals surface area contributed by atoms with E-state index in [1.165, 1.54) is 18.9 Å². The Morgan fingerprint density at radius 3 is 2.06 bits per heavy atom. The van der Waals surface area contributed by atoms with Gasteiger partial charge in [-0.3, -0.25) is 14.4 Å². The number of hydrogen-bond acceptors (Lipinski definition) is 6. The van der Waals surface area contributed by atoms with Crippen LogP contribution >= 0.6 is 11.8 Å². The van der Waals surface area contributed by atoms with Gasteiger partial charge < -0.3 is 20.7 Å². The molecule has 0 aromatic heterocycles. The molecule has 252 valence electrons. The number of hydrogen-bond donors (Lipinski definition) is 3. The van der Waals surface area contributed by atoms with Crippen molar-refractivity contribution in [2.24, 2.45) is 0 Å². The zero-order valence-corrected chi connectivity index (χ0v) is 28.4. The van der Waals surface area contributed by atoms with Gasteiger partial charge in [-0.05, 0) is 76.5 Å². The molecule has 0 bridgehead atoms. The highest BCUT2D eigenvalue weighted by atomic mass is 32.2. The summed E-state index contributed by atoms with van der Waals surface area (Å²) >= 11 is 1.32. The molecule has 0 saturated carbocycles. The summed E-state index contributed by atoms with van der Waals surface area (Å²) < 4.78 is 4.89. The molecule has 0 fully saturated rings. The number of rotatable bonds is 11. The molecule has 6 aromatic rings. The summed E-state index contributed by atoms with van der Waals surface area (Å²) in [6, 6.07) is 45.4. The van der Waals surface area contributed by atoms with Crippen molar-refractivity contribution in [2.75, 3.05) is 17.7 Å². The predicted molar refractivity (Wildman–Crippen MR) is 202 cm³/mol. The van der Waals surface area contributed by atoms with Crippen LogP contribution in [0.15, 0.2) is 162 Å². The van der Waals surface area contributed by atoms with Crippen molar-refractivity contribution >= 4 is 63.7 Å². The lowest BCUT2D eigenvalue weighted by Gasteiger charge is -2.18. The Bertz CT molecular complexity index is 2220. The highest BCUT2D eigenvalue weighted by Crippen LogP contribution is 2.37. The summed E-state index contributed by atoms with van der Waals surface area (Å²) in [5.41, 5.74) is 3.13. The van der Waals surface area contributed by atoms with E-state index in [-0.39, 0.29) is 17.2 Å². The van der Waals surface area contributed by atoms with Crippen LogP contribution in [0.4, 0.5) is 11.4 Å². The molecule has 1 atom stereocenters. The number of fused-ring (bicyclic) bond motifs is 1. The fourth-order valence-electron chi connectivity index (χ4n) is 5.40. The van der Waals surface area contributed by atoms with Crippen LogP contribution in [0.2, 0.25) is 0 Å². The second kappa shape index (κ2) is 16.3. The topological polar surface area (TPSA) is 114 Å². The highest BCUT2D eigenvalue weighted by molar-refractivity contribution is 8.00. The molecule has 3 amide bonds. The number of esters is 1. The summed E-state index contributed by atoms with van der Waals surface area (Å²) in [5.74, 6) is -1.79. The molecule has 6 rings (SSSR count). The van der Waals surface area contributed by atoms with Gasteiger partial charge in [0.2, 0.25) is 5.91 Å². The van der Waals surface area contributed by atoms with Gasteiger partial charge >= 0.3 is 5.97 Å². The number of methoxy groups -OCH3 is 1. The molecule has 0 heterocycles. The first-order chi connectivity index (χ1) is 24.9. The number of ether oxygens (including phenoxy) is 1. The fourth-order valence-corrected chi connectivity index (χ4v) is 6.43. The van der Waals surface area contributed by atoms with Crippen molar-refractivity contribution in [1.82, 2.24) is 5.32 Å². The minimum atomic E-state index is -0.666. The van der Waals surface area contributed by atoms with Crippen LogP contribution in [0, 0.1) is 0 Å². The fraction of sp³-hybridized carbons (Fsp3) is 0.0476. The standard InChI is InChI=1S/C42H33N3O5S/c1-50-42(49)35-21-10-11-22-36(35)44-41(48)38(29-14-4-2-5-15-29)51-33-25-23-32(24-26-33)43-40(47)37(45-39(46)30-16-6-3-7-17-30)27-31-19-12-18-28-13-8-9-20-34(28)31/h2-27,38H,1H3,(H,43,47)(H,44,48)(H,45,46)/b37-27-. The summed E-state index contributed by atoms with van der Waals surface area (Å²) in [5, 5.41) is 9.87. The quantitative estimate of drug-likeness (QED) is 0.0714. The number of benzene rings is 6. The molecule has 8 nitrogen and oxygen atoms in total. The second-order valence-corrected chi connectivity index (χ2v) is 12.5. The van der Waals surface area contributed by atoms with Gasteiger partial charge in [0, 0.05) is 16.1 Å². The number of carbonyl (C=O) groups is 4. The Labute approximate surface area is 299 Å². The number of anilines is 2. The first-order valence-corrected chi connectivity index (χ1v) is 16.9. The monoisotopic (exact) mass is 691 g/mol. The van der Waals surface area contributed by atoms with Gasteiger partial charge in [0.05, 0.1) is 18.4 Å². The van der Waals surface area contributed by atoms with Gasteiger partial charge in [-0.25, -0.2) is 4.79 Å². The van der Waals surface area contributed by atoms with Gasteiger partial charge in [-0.15, -0.1) is 11.8 Å². The van der Waals surface area contributed by atoms with Crippen molar-refractivity contribution in [3.63, 3.8) is 0 Å². The van der Waals surface area contributed by atoms with Gasteiger partial charge in [-0.2, -0.15) is 0 Å². The van der Waals surface area contributed by atoms with Crippen LogP contribution in [0.25, 0.3) is 16.8 Å². The number of nitrogens with one attached hydrogen (secondary N) is 3. The number of carbonyl (C=O) groups excluding carboxylic acids is 4. The number of amides is 3. The molecule has 0 aliphatic rings. The van der Waals surface area contributed by atoms with Crippen molar-refractivity contribution in [3.05, 3.63) is 180 Å². The molecule has 0 aliphatic heterocycles. The molecule has 51 heavy (non-hydrogen) atoms. The zero-order valence-electron chi connectivity index (χ0n) is 27.5. The Hall–Kier alpha value is -6.45. The normalized spacial score (nSPS) is 11.7. The Balaban J connectivity index is 1.23. The van der Waals surface area contributed by atoms with Crippen LogP contribution in [0.5, 0.6) is 0 Å². The number of para-hydroxylation sites is 1. The molecule has 3 N–H and O–H groups in total. The third-order valence-electron chi connectivity index (χ3n) is 7.95. The zero-order chi connectivity index (χ0) is 35.6. The van der Waals surface area contributed by atoms with Crippen LogP contribution < -0.4 is 16.0 Å². The molecular weight excluding hydrogens is 659 g/mol. The van der Waals surface area contributed by atoms with Crippen molar-refractivity contribution in [1.29, 1.82) is 0 Å². The summed E-state index contributed by atoms with van der Waals surface area (Å²) in [6.45, 7) is 0. The van der Waals surface area contributed by atoms with Crippen LogP contribution in [0.1, 0.15) is 37.1 Å². The summed E-state index contributed by atoms with van der Waals surface area (Å²) in [4.78, 5) is 53.7. The van der Waals surface area contributed by atoms with E-state index in [1.807, 2.05) is 91.0 Å². The van der Waals surface area contributed by atoms with Crippen molar-refractivity contribution < 1.29 is 23.9 Å². The first kappa shape index (κ1) is 34.4. The Morgan fingerprint density at radius 1 is 0.667 bits per heavy atom. The molecule has 0 spiro atoms. The van der Waals surface area contributed by atoms with E-state index >= 15 is 0 Å². The average molecular weight is 692 g/mol. The smallest absolute Gasteiger partial charge is 0.339 e. The molecule has 1 unspecified atom stereocenters. The largest absolute Gasteiger partial charge is 0.465 e. The van der Waals surface area contributed by atoms with E-state index in [1.54, 1.807) is 66.7 Å². The SMILES string of the molecule is COC(=O)c1ccccc1NC(=O)C(Sc1ccc(NC(=O)/C(=C/c2cccc3ccccc23)NC(=O)c2ccccc2)cc1)c1ccccc1. The third kappa shape index (κ3) is 8.59. The van der Waals surface area contributed by atoms with E-state index in [9.17, 15) is 19.2 Å². The maximum absolute atomic E-state index is 13.7. The van der Waals surface area contributed by atoms with Crippen molar-refractivity contribution in [3.8, 4) is 0 Å². The molecule has 0 radical (unpaired) electrons. The van der Waals surface area contributed by atoms with Crippen LogP contribution in [-0.4, -0.2) is 30.8 Å². The Kier molecular flexibility index (Phi) is 11.0. The number of thioether (sulfide) groups is 1. The van der Waals surface area contributed by atoms with Gasteiger partial charge in [0.1, 0.15) is 10.9 Å². The lowest BCUT2D eigenvalue weighted by atomic mass is 10.0. The summed E-state index contributed by atoms with van der Waals surface area (Å²) in [6.07, 6.45) is 1.67. The van der Waals surface area contributed by atoms with Gasteiger partial charge in [-0.1, -0.05) is 103 Å². The lowest BCUT2D eigenvalue weighted by Crippen LogP contribution is -2.30. The molecular formula is C42H33N3O5S. The Morgan fingerprint density at radius 2 is 1.31 bits per heavy atom.